The zero-order valence-electron chi connectivity index (χ0n) is 14.5. The van der Waals surface area contributed by atoms with Gasteiger partial charge in [-0.3, -0.25) is 4.79 Å². The second-order valence-electron chi connectivity index (χ2n) is 5.89. The molecule has 138 valence electrons. The first-order valence-corrected chi connectivity index (χ1v) is 8.24. The monoisotopic (exact) mass is 368 g/mol. The number of ether oxygens (including phenoxy) is 3. The molecule has 9 heteroatoms. The maximum atomic E-state index is 12.3. The Hall–Kier alpha value is -3.62. The molecule has 1 amide bonds. The molecule has 0 saturated carbocycles. The fourth-order valence-electron chi connectivity index (χ4n) is 2.74. The third-order valence-corrected chi connectivity index (χ3v) is 4.04. The van der Waals surface area contributed by atoms with Gasteiger partial charge in [-0.25, -0.2) is 14.3 Å². The lowest BCUT2D eigenvalue weighted by molar-refractivity contribution is -0.124. The largest absolute Gasteiger partial charge is 0.454 e. The number of esters is 1. The van der Waals surface area contributed by atoms with Gasteiger partial charge in [0, 0.05) is 18.9 Å². The molecular formula is C18H16N4O5. The molecule has 9 nitrogen and oxygen atoms in total. The Bertz CT molecular complexity index is 1030. The van der Waals surface area contributed by atoms with Crippen molar-refractivity contribution in [1.82, 2.24) is 19.9 Å². The highest BCUT2D eigenvalue weighted by Crippen LogP contribution is 2.32. The maximum absolute atomic E-state index is 12.3. The van der Waals surface area contributed by atoms with Crippen LogP contribution in [0.1, 0.15) is 21.6 Å². The van der Waals surface area contributed by atoms with Crippen LogP contribution in [0.15, 0.2) is 36.7 Å². The van der Waals surface area contributed by atoms with Gasteiger partial charge in [-0.15, -0.1) is 0 Å². The molecule has 3 aromatic rings. The Kier molecular flexibility index (Phi) is 4.33. The van der Waals surface area contributed by atoms with Crippen LogP contribution in [0.2, 0.25) is 0 Å². The predicted octanol–water partition coefficient (Wildman–Crippen LogP) is 1.24. The van der Waals surface area contributed by atoms with Crippen molar-refractivity contribution < 1.29 is 23.8 Å². The van der Waals surface area contributed by atoms with Gasteiger partial charge in [-0.05, 0) is 30.7 Å². The van der Waals surface area contributed by atoms with Crippen LogP contribution >= 0.6 is 0 Å². The van der Waals surface area contributed by atoms with Crippen molar-refractivity contribution in [3.05, 3.63) is 53.5 Å². The van der Waals surface area contributed by atoms with E-state index >= 15 is 0 Å². The van der Waals surface area contributed by atoms with Crippen LogP contribution in [0, 0.1) is 6.92 Å². The summed E-state index contributed by atoms with van der Waals surface area (Å²) in [5, 5.41) is 6.89. The summed E-state index contributed by atoms with van der Waals surface area (Å²) < 4.78 is 17.1. The molecule has 27 heavy (non-hydrogen) atoms. The van der Waals surface area contributed by atoms with Crippen molar-refractivity contribution >= 4 is 17.5 Å². The smallest absolute Gasteiger partial charge is 0.344 e. The molecule has 4 rings (SSSR count). The van der Waals surface area contributed by atoms with Crippen LogP contribution in [-0.2, 0) is 16.1 Å². The summed E-state index contributed by atoms with van der Waals surface area (Å²) in [6, 6.07) is 7.11. The van der Waals surface area contributed by atoms with E-state index in [0.29, 0.717) is 22.8 Å². The fraction of sp³-hybridized carbons (Fsp3) is 0.222. The van der Waals surface area contributed by atoms with Crippen LogP contribution in [0.25, 0.3) is 5.65 Å². The normalized spacial score (nSPS) is 12.2. The molecule has 0 spiro atoms. The van der Waals surface area contributed by atoms with E-state index in [4.69, 9.17) is 14.2 Å². The van der Waals surface area contributed by atoms with Gasteiger partial charge in [0.2, 0.25) is 6.79 Å². The molecule has 0 bridgehead atoms. The zero-order chi connectivity index (χ0) is 18.8. The number of benzene rings is 1. The summed E-state index contributed by atoms with van der Waals surface area (Å²) in [5.74, 6) is 0.267. The van der Waals surface area contributed by atoms with E-state index in [2.05, 4.69) is 15.4 Å². The second kappa shape index (κ2) is 6.94. The van der Waals surface area contributed by atoms with Crippen molar-refractivity contribution in [3.8, 4) is 11.5 Å². The van der Waals surface area contributed by atoms with Gasteiger partial charge in [0.15, 0.2) is 23.8 Å². The van der Waals surface area contributed by atoms with Crippen LogP contribution in [-0.4, -0.2) is 39.9 Å². The van der Waals surface area contributed by atoms with Crippen LogP contribution in [0.4, 0.5) is 0 Å². The lowest BCUT2D eigenvalue weighted by Gasteiger charge is -2.07. The summed E-state index contributed by atoms with van der Waals surface area (Å²) in [4.78, 5) is 28.4. The van der Waals surface area contributed by atoms with Crippen molar-refractivity contribution in [2.45, 2.75) is 13.5 Å². The topological polar surface area (TPSA) is 104 Å². The van der Waals surface area contributed by atoms with E-state index in [1.165, 1.54) is 4.52 Å². The molecule has 3 heterocycles. The number of nitrogens with one attached hydrogen (secondary N) is 1. The molecule has 0 radical (unpaired) electrons. The van der Waals surface area contributed by atoms with Gasteiger partial charge in [-0.1, -0.05) is 6.07 Å². The van der Waals surface area contributed by atoms with E-state index in [0.717, 1.165) is 5.56 Å². The number of rotatable bonds is 5. The molecule has 1 aliphatic rings. The molecule has 0 fully saturated rings. The minimum absolute atomic E-state index is 0.193. The minimum atomic E-state index is -0.639. The molecule has 1 aromatic carbocycles. The first kappa shape index (κ1) is 16.8. The number of carbonyl (C=O) groups is 2. The van der Waals surface area contributed by atoms with Crippen molar-refractivity contribution in [3.63, 3.8) is 0 Å². The number of amides is 1. The number of carbonyl (C=O) groups excluding carboxylic acids is 2. The maximum Gasteiger partial charge on any atom is 0.344 e. The molecule has 0 saturated heterocycles. The van der Waals surface area contributed by atoms with E-state index in [-0.39, 0.29) is 18.9 Å². The lowest BCUT2D eigenvalue weighted by atomic mass is 10.2. The molecule has 2 aromatic heterocycles. The predicted molar refractivity (Wildman–Crippen MR) is 92.4 cm³/mol. The molecular weight excluding hydrogens is 352 g/mol. The van der Waals surface area contributed by atoms with E-state index in [1.54, 1.807) is 37.5 Å². The fourth-order valence-corrected chi connectivity index (χ4v) is 2.74. The van der Waals surface area contributed by atoms with Crippen LogP contribution < -0.4 is 14.8 Å². The van der Waals surface area contributed by atoms with Gasteiger partial charge in [0.25, 0.3) is 5.91 Å². The Labute approximate surface area is 153 Å². The van der Waals surface area contributed by atoms with E-state index in [1.807, 2.05) is 6.07 Å². The summed E-state index contributed by atoms with van der Waals surface area (Å²) in [5.41, 5.74) is 1.97. The Morgan fingerprint density at radius 1 is 1.30 bits per heavy atom. The third-order valence-electron chi connectivity index (χ3n) is 4.04. The van der Waals surface area contributed by atoms with E-state index in [9.17, 15) is 9.59 Å². The highest BCUT2D eigenvalue weighted by Gasteiger charge is 2.20. The highest BCUT2D eigenvalue weighted by atomic mass is 16.7. The molecule has 0 aliphatic carbocycles. The van der Waals surface area contributed by atoms with E-state index < -0.39 is 18.5 Å². The van der Waals surface area contributed by atoms with Gasteiger partial charge in [0.05, 0.1) is 5.69 Å². The number of hydrogen-bond donors (Lipinski definition) is 1. The zero-order valence-corrected chi connectivity index (χ0v) is 14.5. The van der Waals surface area contributed by atoms with Crippen LogP contribution in [0.5, 0.6) is 11.5 Å². The average molecular weight is 368 g/mol. The first-order chi connectivity index (χ1) is 13.1. The second-order valence-corrected chi connectivity index (χ2v) is 5.89. The van der Waals surface area contributed by atoms with Crippen molar-refractivity contribution in [2.24, 2.45) is 0 Å². The lowest BCUT2D eigenvalue weighted by Crippen LogP contribution is -2.28. The third kappa shape index (κ3) is 3.39. The van der Waals surface area contributed by atoms with Gasteiger partial charge >= 0.3 is 5.97 Å². The number of aryl methyl sites for hydroxylation is 1. The Balaban J connectivity index is 1.33. The molecule has 1 N–H and O–H groups in total. The van der Waals surface area contributed by atoms with Crippen molar-refractivity contribution in [2.75, 3.05) is 13.4 Å². The number of aromatic nitrogens is 3. The molecule has 0 atom stereocenters. The standard InChI is InChI=1S/C18H16N4O5/c1-11-16(17-19-5-2-6-22(17)21-11)18(24)25-9-15(23)20-8-12-3-4-13-14(7-12)27-10-26-13/h2-7H,8-10H2,1H3,(H,20,23). The quantitative estimate of drug-likeness (QED) is 0.676. The number of hydrogen-bond acceptors (Lipinski definition) is 7. The van der Waals surface area contributed by atoms with Gasteiger partial charge in [0.1, 0.15) is 5.56 Å². The minimum Gasteiger partial charge on any atom is -0.454 e. The SMILES string of the molecule is Cc1nn2cccnc2c1C(=O)OCC(=O)NCc1ccc2c(c1)OCO2. The van der Waals surface area contributed by atoms with Crippen LogP contribution in [0.3, 0.4) is 0 Å². The summed E-state index contributed by atoms with van der Waals surface area (Å²) in [6.07, 6.45) is 3.25. The summed E-state index contributed by atoms with van der Waals surface area (Å²) >= 11 is 0. The molecule has 0 unspecified atom stereocenters. The summed E-state index contributed by atoms with van der Waals surface area (Å²) in [6.45, 7) is 1.77. The number of nitrogens with zero attached hydrogens (tertiary/aromatic N) is 3. The Morgan fingerprint density at radius 2 is 2.15 bits per heavy atom. The summed E-state index contributed by atoms with van der Waals surface area (Å²) in [7, 11) is 0. The highest BCUT2D eigenvalue weighted by molar-refractivity contribution is 5.98. The Morgan fingerprint density at radius 3 is 3.04 bits per heavy atom. The van der Waals surface area contributed by atoms with Gasteiger partial charge in [-0.2, -0.15) is 5.10 Å². The average Bonchev–Trinajstić information content (AvgIpc) is 3.27. The first-order valence-electron chi connectivity index (χ1n) is 8.24. The van der Waals surface area contributed by atoms with Gasteiger partial charge < -0.3 is 19.5 Å². The molecule has 1 aliphatic heterocycles. The number of fused-ring (bicyclic) bond motifs is 2. The van der Waals surface area contributed by atoms with Crippen molar-refractivity contribution in [1.29, 1.82) is 0 Å².